The fourth-order valence-electron chi connectivity index (χ4n) is 14.6. The van der Waals surface area contributed by atoms with Crippen LogP contribution >= 0.6 is 15.6 Å². The first kappa shape index (κ1) is 111. The molecule has 0 aliphatic carbocycles. The maximum atomic E-state index is 13.8. The molecule has 674 valence electrons. The summed E-state index contributed by atoms with van der Waals surface area (Å²) in [4.78, 5) is 76.2. The first-order valence-electron chi connectivity index (χ1n) is 48.3. The quantitative estimate of drug-likeness (QED) is 0.00981. The van der Waals surface area contributed by atoms with Crippen molar-refractivity contribution in [1.82, 2.24) is 21.3 Å². The van der Waals surface area contributed by atoms with Crippen molar-refractivity contribution < 1.29 is 70.8 Å². The number of urea groups is 1. The van der Waals surface area contributed by atoms with Crippen LogP contribution in [0.2, 0.25) is 0 Å². The molecule has 114 heavy (non-hydrogen) atoms. The van der Waals surface area contributed by atoms with Gasteiger partial charge in [-0.2, -0.15) is 0 Å². The van der Waals surface area contributed by atoms with Crippen LogP contribution in [0.1, 0.15) is 478 Å². The molecule has 0 radical (unpaired) electrons. The van der Waals surface area contributed by atoms with E-state index in [0.29, 0.717) is 25.7 Å². The maximum Gasteiger partial charge on any atom is 0.472 e. The van der Waals surface area contributed by atoms with Gasteiger partial charge in [-0.25, -0.2) is 13.9 Å². The molecule has 0 rings (SSSR count). The molecule has 0 aliphatic rings. The molecule has 3 unspecified atom stereocenters. The molecule has 0 saturated carbocycles. The van der Waals surface area contributed by atoms with Gasteiger partial charge in [0.05, 0.1) is 38.5 Å². The van der Waals surface area contributed by atoms with E-state index in [1.54, 1.807) is 6.08 Å². The topological polar surface area (TPSA) is 267 Å². The Labute approximate surface area is 700 Å². The van der Waals surface area contributed by atoms with Crippen LogP contribution in [-0.2, 0) is 51.1 Å². The first-order valence-corrected chi connectivity index (χ1v) is 51.3. The molecule has 0 bridgehead atoms. The third kappa shape index (κ3) is 79.1. The van der Waals surface area contributed by atoms with E-state index in [2.05, 4.69) is 62.8 Å². The molecule has 0 aromatic rings. The summed E-state index contributed by atoms with van der Waals surface area (Å²) in [5.41, 5.74) is 0. The van der Waals surface area contributed by atoms with Gasteiger partial charge in [-0.3, -0.25) is 37.8 Å². The Balaban J connectivity index is 6.18. The number of carbonyl (C=O) groups is 4. The van der Waals surface area contributed by atoms with Gasteiger partial charge in [0, 0.05) is 32.4 Å². The predicted octanol–water partition coefficient (Wildman–Crippen LogP) is 26.9. The van der Waals surface area contributed by atoms with E-state index in [9.17, 15) is 43.2 Å². The van der Waals surface area contributed by atoms with E-state index in [1.165, 1.54) is 257 Å². The molecule has 19 nitrogen and oxygen atoms in total. The summed E-state index contributed by atoms with van der Waals surface area (Å²) < 4.78 is 61.3. The maximum absolute atomic E-state index is 13.8. The number of carbonyl (C=O) groups excluding carboxylic acids is 4. The van der Waals surface area contributed by atoms with Gasteiger partial charge in [0.25, 0.3) is 0 Å². The largest absolute Gasteiger partial charge is 0.472 e. The lowest BCUT2D eigenvalue weighted by atomic mass is 10.0. The molecule has 0 saturated heterocycles. The fraction of sp³-hybridized carbons (Fsp3) is 0.914. The number of allylic oxidation sites excluding steroid dienone is 2. The van der Waals surface area contributed by atoms with Gasteiger partial charge in [-0.1, -0.05) is 413 Å². The van der Waals surface area contributed by atoms with Crippen LogP contribution in [-0.4, -0.2) is 109 Å². The summed E-state index contributed by atoms with van der Waals surface area (Å²) >= 11 is 0. The zero-order valence-corrected chi connectivity index (χ0v) is 76.4. The standard InChI is InChI=1S/C93H182N4O15P2/c1-7-13-19-25-31-37-41-43-47-51-55-61-67-73-87(111-91(100)77-71-65-59-49-35-29-23-17-11-5)85(96-89(98)75-69-63-57-53-45-39-33-27-21-15-9-3)83-109-113(103,104)107-81-79-94-93(102)95-80-82-108-114(105,106)110-84-86(97-90(99)76-70-64-58-54-46-40-34-28-22-16-10-4)88(112-92(101)78-72-66-60-50-36-30-24-18-12-6)74-68-62-56-52-48-44-42-38-32-26-20-14-8-2/h67-68,73-74,85-89,96,98H,7-66,69-72,75-84H2,1-6H3,(H,97,99)(H,103,104)(H,105,106)(H2,94,95,102)/b73-67+,74-68+/t85-,86-,87+,88+,89?/m0/s1. The number of aliphatic hydroxyl groups is 1. The highest BCUT2D eigenvalue weighted by atomic mass is 31.2. The predicted molar refractivity (Wildman–Crippen MR) is 476 cm³/mol. The Morgan fingerprint density at radius 1 is 0.325 bits per heavy atom. The van der Waals surface area contributed by atoms with Crippen LogP contribution in [0.5, 0.6) is 0 Å². The number of hydrogen-bond acceptors (Lipinski definition) is 14. The zero-order valence-electron chi connectivity index (χ0n) is 74.7. The Hall–Kier alpha value is -2.70. The van der Waals surface area contributed by atoms with Gasteiger partial charge < -0.3 is 40.3 Å². The Morgan fingerprint density at radius 3 is 0.886 bits per heavy atom. The average Bonchev–Trinajstić information content (AvgIpc) is 0.878. The van der Waals surface area contributed by atoms with Crippen molar-refractivity contribution in [2.45, 2.75) is 509 Å². The molecule has 0 fully saturated rings. The highest BCUT2D eigenvalue weighted by molar-refractivity contribution is 7.47. The highest BCUT2D eigenvalue weighted by Crippen LogP contribution is 2.44. The van der Waals surface area contributed by atoms with E-state index >= 15 is 0 Å². The Morgan fingerprint density at radius 2 is 0.579 bits per heavy atom. The van der Waals surface area contributed by atoms with E-state index in [0.717, 1.165) is 135 Å². The summed E-state index contributed by atoms with van der Waals surface area (Å²) in [6.45, 7) is 11.1. The number of esters is 2. The number of ether oxygens (including phenoxy) is 2. The van der Waals surface area contributed by atoms with Gasteiger partial charge in [-0.15, -0.1) is 0 Å². The summed E-state index contributed by atoms with van der Waals surface area (Å²) in [5.74, 6) is -1.09. The van der Waals surface area contributed by atoms with Crippen LogP contribution in [0.15, 0.2) is 24.3 Å². The molecule has 7 atom stereocenters. The van der Waals surface area contributed by atoms with Crippen molar-refractivity contribution in [1.29, 1.82) is 0 Å². The van der Waals surface area contributed by atoms with Crippen molar-refractivity contribution in [2.75, 3.05) is 39.5 Å². The lowest BCUT2D eigenvalue weighted by Gasteiger charge is -2.29. The minimum atomic E-state index is -4.82. The highest BCUT2D eigenvalue weighted by Gasteiger charge is 2.32. The SMILES string of the molecule is CCCCCCCCCCCCC/C=C/[C@@H](OC(=O)CCCCCCCCCCC)[C@H](COP(=O)(O)OCCNC(=O)NCCOP(=O)(O)OC[C@H](NC(O)CCCCCCCCCCCCC)[C@@H](/C=C/CCCCCCCCCCCCC)OC(=O)CCCCCCCCCCC)NC(=O)CCCCCCCCCCCCC. The summed E-state index contributed by atoms with van der Waals surface area (Å²) in [6.07, 6.45) is 79.0. The number of unbranched alkanes of at least 4 members (excludes halogenated alkanes) is 58. The molecule has 3 amide bonds. The second-order valence-corrected chi connectivity index (χ2v) is 35.9. The van der Waals surface area contributed by atoms with Gasteiger partial charge in [0.1, 0.15) is 18.4 Å². The minimum absolute atomic E-state index is 0.202. The van der Waals surface area contributed by atoms with Crippen LogP contribution in [0.4, 0.5) is 4.79 Å². The average molecular weight is 1660 g/mol. The third-order valence-electron chi connectivity index (χ3n) is 21.9. The van der Waals surface area contributed by atoms with Crippen molar-refractivity contribution >= 4 is 39.5 Å². The molecule has 0 aromatic carbocycles. The van der Waals surface area contributed by atoms with Crippen LogP contribution in [0.25, 0.3) is 0 Å². The van der Waals surface area contributed by atoms with Gasteiger partial charge >= 0.3 is 33.6 Å². The molecular formula is C93H182N4O15P2. The van der Waals surface area contributed by atoms with Crippen LogP contribution in [0, 0.1) is 0 Å². The fourth-order valence-corrected chi connectivity index (χ4v) is 16.1. The van der Waals surface area contributed by atoms with Gasteiger partial charge in [0.15, 0.2) is 0 Å². The number of phosphoric acid groups is 2. The van der Waals surface area contributed by atoms with E-state index in [1.807, 2.05) is 18.2 Å². The van der Waals surface area contributed by atoms with E-state index in [-0.39, 0.29) is 44.2 Å². The molecule has 0 aliphatic heterocycles. The van der Waals surface area contributed by atoms with E-state index < -0.39 is 84.6 Å². The summed E-state index contributed by atoms with van der Waals surface area (Å²) in [5, 5.41) is 22.8. The number of hydrogen-bond donors (Lipinski definition) is 7. The van der Waals surface area contributed by atoms with Gasteiger partial charge in [-0.05, 0) is 69.9 Å². The minimum Gasteiger partial charge on any atom is -0.456 e. The molecule has 0 spiro atoms. The van der Waals surface area contributed by atoms with Crippen LogP contribution in [0.3, 0.4) is 0 Å². The molecule has 0 heterocycles. The van der Waals surface area contributed by atoms with Crippen molar-refractivity contribution in [3.8, 4) is 0 Å². The number of aliphatic hydroxyl groups excluding tert-OH is 1. The second kappa shape index (κ2) is 85.3. The monoisotopic (exact) mass is 1660 g/mol. The van der Waals surface area contributed by atoms with Crippen molar-refractivity contribution in [2.24, 2.45) is 0 Å². The second-order valence-electron chi connectivity index (χ2n) is 33.0. The molecule has 0 aromatic heterocycles. The summed E-state index contributed by atoms with van der Waals surface area (Å²) in [6, 6.07) is -2.66. The number of rotatable bonds is 91. The number of nitrogens with one attached hydrogen (secondary N) is 4. The van der Waals surface area contributed by atoms with Crippen molar-refractivity contribution in [3.63, 3.8) is 0 Å². The van der Waals surface area contributed by atoms with Crippen LogP contribution < -0.4 is 21.3 Å². The third-order valence-corrected chi connectivity index (χ3v) is 23.8. The lowest BCUT2D eigenvalue weighted by molar-refractivity contribution is -0.150. The summed E-state index contributed by atoms with van der Waals surface area (Å²) in [7, 11) is -9.62. The first-order chi connectivity index (χ1) is 55.6. The van der Waals surface area contributed by atoms with Gasteiger partial charge in [0.2, 0.25) is 5.91 Å². The molecule has 21 heteroatoms. The normalized spacial score (nSPS) is 14.3. The lowest BCUT2D eigenvalue weighted by Crippen LogP contribution is -2.49. The number of amides is 3. The smallest absolute Gasteiger partial charge is 0.456 e. The van der Waals surface area contributed by atoms with Crippen molar-refractivity contribution in [3.05, 3.63) is 24.3 Å². The molecule has 7 N–H and O–H groups in total. The molecular weight excluding hydrogens is 1470 g/mol. The number of phosphoric ester groups is 2. The Kier molecular flexibility index (Phi) is 83.3. The Bertz CT molecular complexity index is 2290. The van der Waals surface area contributed by atoms with E-state index in [4.69, 9.17) is 27.6 Å². The zero-order chi connectivity index (χ0) is 83.4.